The lowest BCUT2D eigenvalue weighted by Crippen LogP contribution is -2.23. The van der Waals surface area contributed by atoms with Gasteiger partial charge in [0, 0.05) is 4.48 Å². The molecule has 3 nitrogen and oxygen atoms in total. The lowest BCUT2D eigenvalue weighted by Gasteiger charge is -2.10. The van der Waals surface area contributed by atoms with Crippen molar-refractivity contribution in [1.29, 1.82) is 0 Å². The zero-order valence-electron chi connectivity index (χ0n) is 7.30. The highest BCUT2D eigenvalue weighted by Gasteiger charge is 2.13. The van der Waals surface area contributed by atoms with Crippen LogP contribution in [0, 0.1) is 0 Å². The number of halogens is 1. The van der Waals surface area contributed by atoms with Crippen LogP contribution in [0.3, 0.4) is 0 Å². The molecule has 0 bridgehead atoms. The van der Waals surface area contributed by atoms with Crippen LogP contribution in [0.25, 0.3) is 0 Å². The van der Waals surface area contributed by atoms with E-state index in [4.69, 9.17) is 9.47 Å². The Bertz CT molecular complexity index is 168. The first-order valence-electron chi connectivity index (χ1n) is 3.69. The Morgan fingerprint density at radius 3 is 2.67 bits per heavy atom. The van der Waals surface area contributed by atoms with Crippen molar-refractivity contribution >= 4 is 21.9 Å². The molecule has 0 aliphatic carbocycles. The molecule has 70 valence electrons. The van der Waals surface area contributed by atoms with E-state index >= 15 is 0 Å². The molecule has 0 spiro atoms. The quantitative estimate of drug-likeness (QED) is 0.684. The summed E-state index contributed by atoms with van der Waals surface area (Å²) in [5.41, 5.74) is 0. The fourth-order valence-electron chi connectivity index (χ4n) is 0.543. The van der Waals surface area contributed by atoms with Crippen LogP contribution in [0.2, 0.25) is 0 Å². The SMILES string of the molecule is C=C(Br)COC(C)C(=O)OCC. The maximum Gasteiger partial charge on any atom is 0.334 e. The number of ether oxygens (including phenoxy) is 2. The van der Waals surface area contributed by atoms with Crippen molar-refractivity contribution in [3.05, 3.63) is 11.1 Å². The highest BCUT2D eigenvalue weighted by molar-refractivity contribution is 9.11. The molecule has 0 rings (SSSR count). The molecular formula is C8H13BrO3. The third-order valence-corrected chi connectivity index (χ3v) is 1.34. The zero-order valence-corrected chi connectivity index (χ0v) is 8.89. The molecule has 0 heterocycles. The summed E-state index contributed by atoms with van der Waals surface area (Å²) >= 11 is 3.12. The Hall–Kier alpha value is -0.350. The number of esters is 1. The van der Waals surface area contributed by atoms with Gasteiger partial charge in [-0.3, -0.25) is 0 Å². The standard InChI is InChI=1S/C8H13BrO3/c1-4-11-8(10)7(3)12-5-6(2)9/h7H,2,4-5H2,1,3H3. The highest BCUT2D eigenvalue weighted by atomic mass is 79.9. The number of hydrogen-bond acceptors (Lipinski definition) is 3. The lowest BCUT2D eigenvalue weighted by atomic mass is 10.4. The molecule has 4 heteroatoms. The van der Waals surface area contributed by atoms with Gasteiger partial charge in [-0.2, -0.15) is 0 Å². The summed E-state index contributed by atoms with van der Waals surface area (Å²) in [6.45, 7) is 7.67. The van der Waals surface area contributed by atoms with E-state index in [0.29, 0.717) is 17.7 Å². The van der Waals surface area contributed by atoms with E-state index in [1.54, 1.807) is 13.8 Å². The van der Waals surface area contributed by atoms with E-state index in [2.05, 4.69) is 22.5 Å². The van der Waals surface area contributed by atoms with E-state index in [1.807, 2.05) is 0 Å². The van der Waals surface area contributed by atoms with Crippen molar-refractivity contribution in [2.45, 2.75) is 20.0 Å². The van der Waals surface area contributed by atoms with E-state index in [0.717, 1.165) is 0 Å². The zero-order chi connectivity index (χ0) is 9.56. The summed E-state index contributed by atoms with van der Waals surface area (Å²) in [5, 5.41) is 0. The Kier molecular flexibility index (Phi) is 6.02. The molecule has 0 fully saturated rings. The van der Waals surface area contributed by atoms with E-state index < -0.39 is 6.10 Å². The van der Waals surface area contributed by atoms with Crippen molar-refractivity contribution < 1.29 is 14.3 Å². The maximum absolute atomic E-state index is 11.0. The van der Waals surface area contributed by atoms with Crippen LogP contribution in [-0.2, 0) is 14.3 Å². The van der Waals surface area contributed by atoms with Crippen molar-refractivity contribution in [2.24, 2.45) is 0 Å². The maximum atomic E-state index is 11.0. The molecule has 0 amide bonds. The van der Waals surface area contributed by atoms with Gasteiger partial charge in [-0.15, -0.1) is 0 Å². The third kappa shape index (κ3) is 5.32. The predicted molar refractivity (Wildman–Crippen MR) is 50.1 cm³/mol. The summed E-state index contributed by atoms with van der Waals surface area (Å²) in [5.74, 6) is -0.341. The molecule has 12 heavy (non-hydrogen) atoms. The molecule has 0 N–H and O–H groups in total. The predicted octanol–water partition coefficient (Wildman–Crippen LogP) is 1.86. The smallest absolute Gasteiger partial charge is 0.334 e. The first-order chi connectivity index (χ1) is 5.57. The van der Waals surface area contributed by atoms with Gasteiger partial charge in [0.05, 0.1) is 13.2 Å². The Labute approximate surface area is 80.9 Å². The molecule has 0 aliphatic heterocycles. The fraction of sp³-hybridized carbons (Fsp3) is 0.625. The normalized spacial score (nSPS) is 12.2. The molecular weight excluding hydrogens is 224 g/mol. The van der Waals surface area contributed by atoms with Crippen LogP contribution in [0.5, 0.6) is 0 Å². The summed E-state index contributed by atoms with van der Waals surface area (Å²) in [4.78, 5) is 11.0. The second kappa shape index (κ2) is 6.20. The van der Waals surface area contributed by atoms with Crippen LogP contribution in [0.4, 0.5) is 0 Å². The average molecular weight is 237 g/mol. The topological polar surface area (TPSA) is 35.5 Å². The minimum absolute atomic E-state index is 0.319. The van der Waals surface area contributed by atoms with Crippen LogP contribution >= 0.6 is 15.9 Å². The first kappa shape index (κ1) is 11.6. The van der Waals surface area contributed by atoms with Gasteiger partial charge in [-0.25, -0.2) is 4.79 Å². The third-order valence-electron chi connectivity index (χ3n) is 1.11. The van der Waals surface area contributed by atoms with Crippen LogP contribution in [0.15, 0.2) is 11.1 Å². The minimum Gasteiger partial charge on any atom is -0.464 e. The summed E-state index contributed by atoms with van der Waals surface area (Å²) < 4.78 is 10.5. The average Bonchev–Trinajstić information content (AvgIpc) is 2.00. The van der Waals surface area contributed by atoms with E-state index in [-0.39, 0.29) is 5.97 Å². The largest absolute Gasteiger partial charge is 0.464 e. The first-order valence-corrected chi connectivity index (χ1v) is 4.48. The lowest BCUT2D eigenvalue weighted by molar-refractivity contribution is -0.154. The number of carbonyl (C=O) groups is 1. The van der Waals surface area contributed by atoms with Gasteiger partial charge in [0.1, 0.15) is 0 Å². The Balaban J connectivity index is 3.63. The van der Waals surface area contributed by atoms with Gasteiger partial charge in [0.25, 0.3) is 0 Å². The van der Waals surface area contributed by atoms with E-state index in [9.17, 15) is 4.79 Å². The number of hydrogen-bond donors (Lipinski definition) is 0. The fourth-order valence-corrected chi connectivity index (χ4v) is 0.675. The van der Waals surface area contributed by atoms with Crippen molar-refractivity contribution in [3.8, 4) is 0 Å². The molecule has 0 aromatic carbocycles. The molecule has 1 atom stereocenters. The van der Waals surface area contributed by atoms with Crippen LogP contribution in [0.1, 0.15) is 13.8 Å². The van der Waals surface area contributed by atoms with Gasteiger partial charge in [-0.1, -0.05) is 22.5 Å². The van der Waals surface area contributed by atoms with Crippen molar-refractivity contribution in [1.82, 2.24) is 0 Å². The summed E-state index contributed by atoms with van der Waals surface area (Å²) in [6, 6.07) is 0. The summed E-state index contributed by atoms with van der Waals surface area (Å²) in [6.07, 6.45) is -0.528. The van der Waals surface area contributed by atoms with E-state index in [1.165, 1.54) is 0 Å². The molecule has 0 radical (unpaired) electrons. The summed E-state index contributed by atoms with van der Waals surface area (Å²) in [7, 11) is 0. The van der Waals surface area contributed by atoms with Crippen molar-refractivity contribution in [3.63, 3.8) is 0 Å². The van der Waals surface area contributed by atoms with Gasteiger partial charge in [0.2, 0.25) is 0 Å². The molecule has 0 aliphatic rings. The highest BCUT2D eigenvalue weighted by Crippen LogP contribution is 2.03. The van der Waals surface area contributed by atoms with Crippen LogP contribution in [-0.4, -0.2) is 25.3 Å². The minimum atomic E-state index is -0.528. The number of rotatable bonds is 5. The molecule has 0 aromatic rings. The van der Waals surface area contributed by atoms with Gasteiger partial charge < -0.3 is 9.47 Å². The second-order valence-corrected chi connectivity index (χ2v) is 3.34. The van der Waals surface area contributed by atoms with Crippen LogP contribution < -0.4 is 0 Å². The monoisotopic (exact) mass is 236 g/mol. The Morgan fingerprint density at radius 1 is 1.67 bits per heavy atom. The number of carbonyl (C=O) groups excluding carboxylic acids is 1. The molecule has 0 aromatic heterocycles. The molecule has 0 saturated heterocycles. The second-order valence-electron chi connectivity index (χ2n) is 2.22. The van der Waals surface area contributed by atoms with Gasteiger partial charge >= 0.3 is 5.97 Å². The van der Waals surface area contributed by atoms with Gasteiger partial charge in [0.15, 0.2) is 6.10 Å². The van der Waals surface area contributed by atoms with Gasteiger partial charge in [-0.05, 0) is 13.8 Å². The Morgan fingerprint density at radius 2 is 2.25 bits per heavy atom. The molecule has 1 unspecified atom stereocenters. The molecule has 0 saturated carbocycles. The van der Waals surface area contributed by atoms with Crippen molar-refractivity contribution in [2.75, 3.05) is 13.2 Å².